The normalized spacial score (nSPS) is 12.1. The second kappa shape index (κ2) is 10.4. The number of nitrogens with zero attached hydrogens (tertiary/aromatic N) is 2. The van der Waals surface area contributed by atoms with Gasteiger partial charge in [-0.25, -0.2) is 0 Å². The van der Waals surface area contributed by atoms with E-state index in [4.69, 9.17) is 4.74 Å². The van der Waals surface area contributed by atoms with E-state index in [-0.39, 0.29) is 24.2 Å². The van der Waals surface area contributed by atoms with Crippen molar-refractivity contribution < 1.29 is 14.3 Å². The molecular weight excluding hydrogens is 436 g/mol. The molecule has 5 nitrogen and oxygen atoms in total. The van der Waals surface area contributed by atoms with Gasteiger partial charge in [-0.05, 0) is 76.2 Å². The van der Waals surface area contributed by atoms with E-state index < -0.39 is 5.41 Å². The highest BCUT2D eigenvalue weighted by Gasteiger charge is 2.32. The average molecular weight is 477 g/mol. The van der Waals surface area contributed by atoms with Gasteiger partial charge < -0.3 is 9.64 Å². The summed E-state index contributed by atoms with van der Waals surface area (Å²) in [6.45, 7) is 14.8. The molecule has 0 atom stereocenters. The number of benzene rings is 2. The van der Waals surface area contributed by atoms with Crippen LogP contribution in [-0.2, 0) is 16.6 Å². The van der Waals surface area contributed by atoms with Gasteiger partial charge in [0, 0.05) is 35.5 Å². The van der Waals surface area contributed by atoms with Crippen LogP contribution in [0.4, 0.5) is 0 Å². The fraction of sp³-hybridized carbons (Fsp3) is 0.467. The summed E-state index contributed by atoms with van der Waals surface area (Å²) >= 11 is 0. The Labute approximate surface area is 210 Å². The fourth-order valence-electron chi connectivity index (χ4n) is 4.82. The predicted octanol–water partition coefficient (Wildman–Crippen LogP) is 6.24. The maximum Gasteiger partial charge on any atom is 0.313 e. The summed E-state index contributed by atoms with van der Waals surface area (Å²) in [5.41, 5.74) is 5.73. The number of rotatable bonds is 8. The highest BCUT2D eigenvalue weighted by molar-refractivity contribution is 5.95. The molecule has 0 aliphatic rings. The molecule has 0 aliphatic heterocycles. The lowest BCUT2D eigenvalue weighted by molar-refractivity contribution is -0.137. The maximum atomic E-state index is 13.7. The van der Waals surface area contributed by atoms with Crippen LogP contribution in [0.15, 0.2) is 36.5 Å². The van der Waals surface area contributed by atoms with Crippen molar-refractivity contribution in [3.05, 3.63) is 64.3 Å². The first-order chi connectivity index (χ1) is 16.3. The summed E-state index contributed by atoms with van der Waals surface area (Å²) in [4.78, 5) is 28.4. The third-order valence-corrected chi connectivity index (χ3v) is 6.54. The summed E-state index contributed by atoms with van der Waals surface area (Å²) < 4.78 is 7.63. The zero-order valence-corrected chi connectivity index (χ0v) is 22.8. The van der Waals surface area contributed by atoms with Crippen molar-refractivity contribution in [2.75, 3.05) is 20.6 Å². The molecule has 0 saturated carbocycles. The van der Waals surface area contributed by atoms with Gasteiger partial charge in [0.15, 0.2) is 0 Å². The summed E-state index contributed by atoms with van der Waals surface area (Å²) in [6, 6.07) is 10.3. The zero-order valence-electron chi connectivity index (χ0n) is 22.8. The van der Waals surface area contributed by atoms with Crippen LogP contribution in [-0.4, -0.2) is 42.0 Å². The van der Waals surface area contributed by atoms with Gasteiger partial charge in [-0.2, -0.15) is 0 Å². The van der Waals surface area contributed by atoms with Crippen LogP contribution in [0.1, 0.15) is 66.7 Å². The summed E-state index contributed by atoms with van der Waals surface area (Å²) in [5, 5.41) is 1.14. The van der Waals surface area contributed by atoms with Crippen LogP contribution in [0, 0.1) is 26.7 Å². The van der Waals surface area contributed by atoms with Crippen LogP contribution in [0.5, 0.6) is 5.75 Å². The summed E-state index contributed by atoms with van der Waals surface area (Å²) in [6.07, 6.45) is 3.17. The number of likely N-dealkylation sites (N-methyl/N-ethyl adjacent to an activating group) is 1. The third kappa shape index (κ3) is 6.02. The Hall–Kier alpha value is -2.92. The van der Waals surface area contributed by atoms with Gasteiger partial charge in [-0.1, -0.05) is 45.4 Å². The highest BCUT2D eigenvalue weighted by Crippen LogP contribution is 2.39. The molecule has 188 valence electrons. The number of carbonyl (C=O) groups is 2. The molecule has 0 N–H and O–H groups in total. The van der Waals surface area contributed by atoms with E-state index in [1.165, 1.54) is 11.1 Å². The van der Waals surface area contributed by atoms with E-state index in [0.717, 1.165) is 40.6 Å². The van der Waals surface area contributed by atoms with Crippen molar-refractivity contribution in [1.82, 2.24) is 9.47 Å². The van der Waals surface area contributed by atoms with Crippen molar-refractivity contribution in [1.29, 1.82) is 0 Å². The van der Waals surface area contributed by atoms with Crippen molar-refractivity contribution in [3.8, 4) is 5.75 Å². The Morgan fingerprint density at radius 3 is 2.34 bits per heavy atom. The minimum absolute atomic E-state index is 0.0288. The monoisotopic (exact) mass is 476 g/mol. The Kier molecular flexibility index (Phi) is 7.90. The van der Waals surface area contributed by atoms with Crippen molar-refractivity contribution in [2.24, 2.45) is 5.92 Å². The predicted molar refractivity (Wildman–Crippen MR) is 144 cm³/mol. The highest BCUT2D eigenvalue weighted by atomic mass is 16.5. The van der Waals surface area contributed by atoms with Gasteiger partial charge in [0.05, 0.1) is 11.4 Å². The van der Waals surface area contributed by atoms with Crippen molar-refractivity contribution >= 4 is 22.8 Å². The molecule has 0 bridgehead atoms. The largest absolute Gasteiger partial charge is 0.426 e. The topological polar surface area (TPSA) is 51.5 Å². The molecule has 5 heteroatoms. The van der Waals surface area contributed by atoms with E-state index in [9.17, 15) is 9.59 Å². The average Bonchev–Trinajstić information content (AvgIpc) is 3.08. The number of hydrogen-bond donors (Lipinski definition) is 0. The van der Waals surface area contributed by atoms with Gasteiger partial charge in [-0.3, -0.25) is 14.2 Å². The molecule has 0 aliphatic carbocycles. The summed E-state index contributed by atoms with van der Waals surface area (Å²) in [5.74, 6) is 0.0825. The lowest BCUT2D eigenvalue weighted by Crippen LogP contribution is -2.27. The van der Waals surface area contributed by atoms with E-state index in [1.807, 2.05) is 50.6 Å². The number of aromatic nitrogens is 1. The van der Waals surface area contributed by atoms with Crippen LogP contribution < -0.4 is 4.74 Å². The van der Waals surface area contributed by atoms with Crippen LogP contribution in [0.2, 0.25) is 0 Å². The minimum Gasteiger partial charge on any atom is -0.426 e. The van der Waals surface area contributed by atoms with Gasteiger partial charge in [0.25, 0.3) is 0 Å². The maximum absolute atomic E-state index is 13.7. The van der Waals surface area contributed by atoms with Gasteiger partial charge in [0.1, 0.15) is 5.75 Å². The molecule has 3 aromatic rings. The minimum atomic E-state index is -0.535. The fourth-order valence-corrected chi connectivity index (χ4v) is 4.82. The number of ether oxygens (including phenoxy) is 1. The van der Waals surface area contributed by atoms with Crippen LogP contribution >= 0.6 is 0 Å². The molecule has 0 unspecified atom stereocenters. The third-order valence-electron chi connectivity index (χ3n) is 6.54. The molecule has 0 fully saturated rings. The Morgan fingerprint density at radius 1 is 1.03 bits per heavy atom. The molecule has 2 aromatic carbocycles. The zero-order chi connectivity index (χ0) is 26.1. The molecule has 35 heavy (non-hydrogen) atoms. The first-order valence-corrected chi connectivity index (χ1v) is 12.4. The first kappa shape index (κ1) is 26.7. The Morgan fingerprint density at radius 2 is 1.71 bits per heavy atom. The van der Waals surface area contributed by atoms with E-state index in [2.05, 4.69) is 58.0 Å². The van der Waals surface area contributed by atoms with E-state index in [0.29, 0.717) is 5.75 Å². The molecule has 0 radical (unpaired) electrons. The van der Waals surface area contributed by atoms with Crippen molar-refractivity contribution in [2.45, 2.75) is 66.7 Å². The standard InChI is InChI=1S/C30H40N2O3/c1-19(2)29(34)35-26-16-21(4)14-22(5)28(26)30(6,7)17-27(33)32-18-23(12-13-31(8)9)24-15-20(3)10-11-25(24)32/h10-11,14-16,18-19H,12-13,17H2,1-9H3. The Bertz CT molecular complexity index is 1250. The SMILES string of the molecule is Cc1cc(C)c(C(C)(C)CC(=O)n2cc(CCN(C)C)c3cc(C)ccc32)c(OC(=O)C(C)C)c1. The lowest BCUT2D eigenvalue weighted by Gasteiger charge is -2.29. The molecule has 0 amide bonds. The van der Waals surface area contributed by atoms with Gasteiger partial charge >= 0.3 is 5.97 Å². The number of carbonyl (C=O) groups excluding carboxylic acids is 2. The van der Waals surface area contributed by atoms with E-state index in [1.54, 1.807) is 0 Å². The van der Waals surface area contributed by atoms with Gasteiger partial charge in [0.2, 0.25) is 5.91 Å². The van der Waals surface area contributed by atoms with E-state index >= 15 is 0 Å². The van der Waals surface area contributed by atoms with Crippen molar-refractivity contribution in [3.63, 3.8) is 0 Å². The molecular formula is C30H40N2O3. The Balaban J connectivity index is 2.01. The van der Waals surface area contributed by atoms with Crippen LogP contribution in [0.25, 0.3) is 10.9 Å². The molecule has 0 spiro atoms. The molecule has 1 aromatic heterocycles. The second-order valence-electron chi connectivity index (χ2n) is 11.1. The molecule has 0 saturated heterocycles. The molecule has 1 heterocycles. The van der Waals surface area contributed by atoms with Gasteiger partial charge in [-0.15, -0.1) is 0 Å². The number of esters is 1. The smallest absolute Gasteiger partial charge is 0.313 e. The molecule has 3 rings (SSSR count). The summed E-state index contributed by atoms with van der Waals surface area (Å²) in [7, 11) is 4.12. The van der Waals surface area contributed by atoms with Crippen LogP contribution in [0.3, 0.4) is 0 Å². The number of fused-ring (bicyclic) bond motifs is 1. The quantitative estimate of drug-likeness (QED) is 0.285. The lowest BCUT2D eigenvalue weighted by atomic mass is 9.78. The second-order valence-corrected chi connectivity index (χ2v) is 11.1. The first-order valence-electron chi connectivity index (χ1n) is 12.4. The number of hydrogen-bond acceptors (Lipinski definition) is 4. The number of aryl methyl sites for hydroxylation is 3.